The van der Waals surface area contributed by atoms with Gasteiger partial charge in [-0.1, -0.05) is 54.9 Å². The number of hydrogen-bond acceptors (Lipinski definition) is 27. The van der Waals surface area contributed by atoms with E-state index in [1.807, 2.05) is 116 Å². The molecule has 115 heavy (non-hydrogen) atoms. The monoisotopic (exact) mass is 1650 g/mol. The Morgan fingerprint density at radius 1 is 0.496 bits per heavy atom. The first-order valence-corrected chi connectivity index (χ1v) is 39.2. The van der Waals surface area contributed by atoms with Gasteiger partial charge in [-0.2, -0.15) is 0 Å². The first-order valence-electron chi connectivity index (χ1n) is 39.2. The number of piperidine rings is 2. The number of amides is 4. The van der Waals surface area contributed by atoms with Crippen LogP contribution in [0.2, 0.25) is 0 Å². The van der Waals surface area contributed by atoms with Gasteiger partial charge in [-0.15, -0.1) is 0 Å². The zero-order valence-corrected chi connectivity index (χ0v) is 73.6. The minimum atomic E-state index is -0.665. The number of esters is 3. The second-order valence-electron chi connectivity index (χ2n) is 32.5. The summed E-state index contributed by atoms with van der Waals surface area (Å²) in [6, 6.07) is 12.5. The van der Waals surface area contributed by atoms with E-state index in [1.54, 1.807) is 4.90 Å². The molecule has 0 radical (unpaired) electrons. The molecule has 8 rings (SSSR count). The number of carboxylic acids is 1. The number of allylic oxidation sites excluding steroid dienone is 2. The Bertz CT molecular complexity index is 2880. The van der Waals surface area contributed by atoms with E-state index in [9.17, 15) is 47.9 Å². The van der Waals surface area contributed by atoms with Gasteiger partial charge < -0.3 is 105 Å². The van der Waals surface area contributed by atoms with E-state index in [0.717, 1.165) is 194 Å². The van der Waals surface area contributed by atoms with E-state index in [2.05, 4.69) is 60.8 Å². The second-order valence-corrected chi connectivity index (χ2v) is 32.5. The standard InChI is InChI=1S/C19H30N2O2.C18H32N2O4.C17H30N2O4.C11H22N2O2.C7H10O4.C7H10O2.CH2O2.CH4.H3N.Na.H2O3.H2O/c1-15(16-9-6-5-7-10-16)20-17-11-8-13-21(14-12-17)18(22)23-19(2,3)4;1-18(2,3)24-17(22)20-10-5-6-15(9-13-20)19-11-7-14(8-12-19)16(21)23-4;1-17(2,3)23-16(22)19-9-4-5-14(8-12-19)18-10-6-13(7-11-18)15(20)21;1-11(2,3)15-10(14)13-7-4-5-9(12)6-8-13;1-11-7(10)6(2-4-8)3-5-9;1-9-7(8)6-4-2-3-5-6;2-1-3;;;;1-3-2;/h5-7,9-10,15,17,20H,8,11-14H2,1-4H3;14-15H,5-13H2,1-4H3;13-14H,4-12H2,1-3H3,(H,20,21);9H,4-8,12H2,1-3H3;4-6H,2-3H2,1H3;2-3,6H,4-5H2,1H3;1H,(H,2,3);1H4;1H3;;1-2H;1H2/q;;;;;;;;;+1;;/p-1/t15-,17-;15-;14-;9-;;;;;;;;/m1111......../s1. The summed E-state index contributed by atoms with van der Waals surface area (Å²) in [5, 5.41) is 35.2. The molecule has 7 aliphatic rings. The van der Waals surface area contributed by atoms with Gasteiger partial charge >= 0.3 is 77.8 Å². The van der Waals surface area contributed by atoms with E-state index in [1.165, 1.54) is 26.9 Å². The number of nitrogens with zero attached hydrogens (tertiary/aromatic N) is 6. The van der Waals surface area contributed by atoms with Crippen LogP contribution >= 0.6 is 0 Å². The van der Waals surface area contributed by atoms with Crippen LogP contribution in [0.1, 0.15) is 237 Å². The molecule has 1 aliphatic carbocycles. The van der Waals surface area contributed by atoms with Gasteiger partial charge in [0.25, 0.3) is 6.47 Å². The van der Waals surface area contributed by atoms with Crippen molar-refractivity contribution >= 4 is 67.3 Å². The SMILES string of the molecule is C.CC(C)(C)OC(=O)N1CCC[C@@H](N)CC1.CC(C)(C)OC(=O)N1CCC[C@@H](N2CCC(C(=O)O)CC2)CC1.COC(=O)C(CC=O)CC=O.COC(=O)C1CC=CC1.COC(=O)C1CCN([C@@H]2CCCN(C(=O)OC(C)(C)C)CC2)CC1.C[C@@H](N[C@@H]1CCCN(C(=O)OC(C)(C)C)CC1)c1ccccc1.N.O=CO.OOO.[Na+].[OH-]. The van der Waals surface area contributed by atoms with Gasteiger partial charge in [0.1, 0.15) is 35.0 Å². The summed E-state index contributed by atoms with van der Waals surface area (Å²) in [6.07, 6.45) is 21.4. The molecule has 6 heterocycles. The van der Waals surface area contributed by atoms with Gasteiger partial charge in [0.15, 0.2) is 0 Å². The van der Waals surface area contributed by atoms with E-state index in [0.29, 0.717) is 36.7 Å². The third kappa shape index (κ3) is 51.3. The van der Waals surface area contributed by atoms with E-state index >= 15 is 0 Å². The molecule has 660 valence electrons. The van der Waals surface area contributed by atoms with Crippen LogP contribution in [-0.2, 0) is 71.8 Å². The fourth-order valence-corrected chi connectivity index (χ4v) is 13.3. The summed E-state index contributed by atoms with van der Waals surface area (Å²) in [5.74, 6) is -1.96. The quantitative estimate of drug-likeness (QED) is 0.0184. The number of methoxy groups -OCH3 is 3. The van der Waals surface area contributed by atoms with Crippen LogP contribution in [0.15, 0.2) is 42.5 Å². The smallest absolute Gasteiger partial charge is 0.870 e. The Balaban J connectivity index is -0.000000646. The van der Waals surface area contributed by atoms with Crippen LogP contribution in [0, 0.1) is 23.7 Å². The Kier molecular flexibility index (Phi) is 61.5. The van der Waals surface area contributed by atoms with Crippen molar-refractivity contribution in [2.75, 3.05) is 99.9 Å². The van der Waals surface area contributed by atoms with E-state index < -0.39 is 40.3 Å². The van der Waals surface area contributed by atoms with Crippen molar-refractivity contribution in [1.82, 2.24) is 40.9 Å². The number of nitrogens with two attached hydrogens (primary N) is 1. The van der Waals surface area contributed by atoms with Crippen LogP contribution in [0.5, 0.6) is 0 Å². The largest absolute Gasteiger partial charge is 1.00 e. The number of carbonyl (C=O) groups excluding carboxylic acids is 9. The van der Waals surface area contributed by atoms with Gasteiger partial charge in [0.2, 0.25) is 0 Å². The number of aliphatic carboxylic acids is 1. The first-order chi connectivity index (χ1) is 52.2. The molecule has 0 unspecified atom stereocenters. The van der Waals surface area contributed by atoms with Gasteiger partial charge in [-0.3, -0.25) is 24.0 Å². The first kappa shape index (κ1) is 115. The number of hydrogen-bond donors (Lipinski definition) is 7. The molecule has 33 nitrogen and oxygen atoms in total. The Labute approximate surface area is 706 Å². The topological polar surface area (TPSA) is 465 Å². The second kappa shape index (κ2) is 61.7. The Morgan fingerprint density at radius 3 is 1.17 bits per heavy atom. The maximum Gasteiger partial charge on any atom is 1.00 e. The molecular formula is C81H146N9NaO24. The van der Waals surface area contributed by atoms with Crippen molar-refractivity contribution in [3.05, 3.63) is 48.0 Å². The maximum absolute atomic E-state index is 12.2. The number of aldehydes is 2. The summed E-state index contributed by atoms with van der Waals surface area (Å²) >= 11 is 0. The summed E-state index contributed by atoms with van der Waals surface area (Å²) in [4.78, 5) is 133. The zero-order valence-electron chi connectivity index (χ0n) is 71.6. The number of benzene rings is 1. The average Bonchev–Trinajstić information content (AvgIpc) is 1.68. The van der Waals surface area contributed by atoms with Crippen LogP contribution in [-0.4, -0.2) is 269 Å². The maximum atomic E-state index is 12.2. The molecule has 11 N–H and O–H groups in total. The van der Waals surface area contributed by atoms with Gasteiger partial charge in [0, 0.05) is 95.4 Å². The minimum absolute atomic E-state index is 0. The van der Waals surface area contributed by atoms with Crippen molar-refractivity contribution in [2.45, 2.75) is 278 Å². The minimum Gasteiger partial charge on any atom is -0.870 e. The average molecular weight is 1650 g/mol. The molecule has 6 saturated heterocycles. The van der Waals surface area contributed by atoms with Crippen LogP contribution in [0.25, 0.3) is 0 Å². The predicted molar refractivity (Wildman–Crippen MR) is 432 cm³/mol. The van der Waals surface area contributed by atoms with Crippen molar-refractivity contribution in [1.29, 1.82) is 0 Å². The molecule has 34 heteroatoms. The van der Waals surface area contributed by atoms with E-state index in [4.69, 9.17) is 54.9 Å². The van der Waals surface area contributed by atoms with Crippen LogP contribution in [0.4, 0.5) is 19.2 Å². The van der Waals surface area contributed by atoms with Crippen LogP contribution in [0.3, 0.4) is 0 Å². The van der Waals surface area contributed by atoms with E-state index in [-0.39, 0.29) is 128 Å². The molecule has 1 aromatic rings. The zero-order chi connectivity index (χ0) is 83.9. The Morgan fingerprint density at radius 2 is 0.826 bits per heavy atom. The van der Waals surface area contributed by atoms with Crippen molar-refractivity contribution in [3.63, 3.8) is 0 Å². The normalized spacial score (nSPS) is 19.9. The molecule has 0 spiro atoms. The molecule has 6 fully saturated rings. The molecule has 0 bridgehead atoms. The van der Waals surface area contributed by atoms with Crippen molar-refractivity contribution in [3.8, 4) is 0 Å². The fraction of sp³-hybridized carbons (Fsp3) is 0.765. The molecule has 4 amide bonds. The molecular weight excluding hydrogens is 1510 g/mol. The third-order valence-electron chi connectivity index (χ3n) is 19.1. The molecule has 0 saturated carbocycles. The van der Waals surface area contributed by atoms with Crippen molar-refractivity contribution < 1.29 is 147 Å². The molecule has 1 aromatic carbocycles. The number of ether oxygens (including phenoxy) is 7. The Hall–Kier alpha value is -6.63. The number of carboxylic acid groups (broad SMARTS) is 2. The number of likely N-dealkylation sites (tertiary alicyclic amines) is 6. The van der Waals surface area contributed by atoms with Gasteiger partial charge in [-0.05, 0) is 237 Å². The molecule has 5 atom stereocenters. The molecule has 0 aromatic heterocycles. The predicted octanol–water partition coefficient (Wildman–Crippen LogP) is 9.45. The number of carbonyl (C=O) groups is 11. The summed E-state index contributed by atoms with van der Waals surface area (Å²) < 4.78 is 35.5. The summed E-state index contributed by atoms with van der Waals surface area (Å²) in [5.41, 5.74) is 5.41. The van der Waals surface area contributed by atoms with Crippen molar-refractivity contribution in [2.24, 2.45) is 29.4 Å². The van der Waals surface area contributed by atoms with Crippen LogP contribution < -0.4 is 46.8 Å². The van der Waals surface area contributed by atoms with Gasteiger partial charge in [-0.25, -0.2) is 29.7 Å². The fourth-order valence-electron chi connectivity index (χ4n) is 13.3. The number of rotatable bonds is 13. The summed E-state index contributed by atoms with van der Waals surface area (Å²) in [6.45, 7) is 34.3. The summed E-state index contributed by atoms with van der Waals surface area (Å²) in [7, 11) is 4.12. The third-order valence-corrected chi connectivity index (χ3v) is 19.1. The number of nitrogens with one attached hydrogen (secondary N) is 1. The van der Waals surface area contributed by atoms with Gasteiger partial charge in [0.05, 0.1) is 45.0 Å². The molecule has 6 aliphatic heterocycles.